The Morgan fingerprint density at radius 1 is 1.20 bits per heavy atom. The zero-order valence-corrected chi connectivity index (χ0v) is 16.5. The quantitative estimate of drug-likeness (QED) is 0.447. The van der Waals surface area contributed by atoms with E-state index in [0.717, 1.165) is 0 Å². The van der Waals surface area contributed by atoms with Crippen LogP contribution in [0.15, 0.2) is 53.6 Å². The van der Waals surface area contributed by atoms with E-state index in [-0.39, 0.29) is 23.4 Å². The average molecular weight is 410 g/mol. The number of benzene rings is 2. The molecular weight excluding hydrogens is 388 g/mol. The van der Waals surface area contributed by atoms with Gasteiger partial charge in [0.1, 0.15) is 5.75 Å². The first-order valence-electron chi connectivity index (χ1n) is 9.48. The summed E-state index contributed by atoms with van der Waals surface area (Å²) in [6.07, 6.45) is 2.45. The van der Waals surface area contributed by atoms with Gasteiger partial charge in [-0.3, -0.25) is 19.7 Å². The number of rotatable bonds is 6. The lowest BCUT2D eigenvalue weighted by molar-refractivity contribution is -0.384. The van der Waals surface area contributed by atoms with E-state index >= 15 is 0 Å². The summed E-state index contributed by atoms with van der Waals surface area (Å²) in [7, 11) is 1.57. The number of hydrogen-bond donors (Lipinski definition) is 1. The van der Waals surface area contributed by atoms with Gasteiger partial charge in [0.05, 0.1) is 18.2 Å². The molecule has 30 heavy (non-hydrogen) atoms. The number of carbonyl (C=O) groups is 2. The highest BCUT2D eigenvalue weighted by atomic mass is 16.6. The molecule has 156 valence electrons. The maximum Gasteiger partial charge on any atom is 0.270 e. The van der Waals surface area contributed by atoms with Crippen LogP contribution in [-0.2, 0) is 4.79 Å². The van der Waals surface area contributed by atoms with Crippen molar-refractivity contribution < 1.29 is 19.2 Å². The Kier molecular flexibility index (Phi) is 6.74. The van der Waals surface area contributed by atoms with Gasteiger partial charge in [-0.2, -0.15) is 5.10 Å². The van der Waals surface area contributed by atoms with Crippen LogP contribution in [0.1, 0.15) is 28.8 Å². The summed E-state index contributed by atoms with van der Waals surface area (Å²) in [5, 5.41) is 14.7. The molecule has 0 atom stereocenters. The molecular formula is C21H22N4O5. The van der Waals surface area contributed by atoms with Crippen LogP contribution in [0.4, 0.5) is 5.69 Å². The van der Waals surface area contributed by atoms with Crippen LogP contribution < -0.4 is 10.2 Å². The number of non-ortho nitro benzene ring substituents is 1. The van der Waals surface area contributed by atoms with Crippen LogP contribution in [0.5, 0.6) is 5.75 Å². The van der Waals surface area contributed by atoms with E-state index in [4.69, 9.17) is 4.74 Å². The van der Waals surface area contributed by atoms with Gasteiger partial charge in [-0.1, -0.05) is 12.1 Å². The number of nitro groups is 1. The number of hydrogen-bond acceptors (Lipinski definition) is 6. The first-order chi connectivity index (χ1) is 14.5. The number of piperidine rings is 1. The third kappa shape index (κ3) is 5.19. The molecule has 2 aromatic rings. The van der Waals surface area contributed by atoms with E-state index in [2.05, 4.69) is 10.5 Å². The van der Waals surface area contributed by atoms with Gasteiger partial charge in [0.25, 0.3) is 11.6 Å². The highest BCUT2D eigenvalue weighted by molar-refractivity contribution is 5.94. The maximum atomic E-state index is 12.6. The SMILES string of the molecule is COc1ccc(C(=O)N2CCC(C(=O)N/N=C\c3cccc([N+](=O)[O-])c3)CC2)cc1. The van der Waals surface area contributed by atoms with Crippen LogP contribution >= 0.6 is 0 Å². The van der Waals surface area contributed by atoms with Gasteiger partial charge in [-0.05, 0) is 37.1 Å². The molecule has 1 heterocycles. The van der Waals surface area contributed by atoms with Gasteiger partial charge < -0.3 is 9.64 Å². The molecule has 3 rings (SSSR count). The van der Waals surface area contributed by atoms with E-state index in [1.807, 2.05) is 0 Å². The van der Waals surface area contributed by atoms with E-state index in [1.165, 1.54) is 18.3 Å². The summed E-state index contributed by atoms with van der Waals surface area (Å²) in [5.74, 6) is 0.146. The van der Waals surface area contributed by atoms with E-state index in [1.54, 1.807) is 48.4 Å². The number of likely N-dealkylation sites (tertiary alicyclic amines) is 1. The number of nitrogens with zero attached hydrogens (tertiary/aromatic N) is 3. The first kappa shape index (κ1) is 21.0. The van der Waals surface area contributed by atoms with Crippen molar-refractivity contribution in [3.05, 3.63) is 69.8 Å². The minimum absolute atomic E-state index is 0.0424. The van der Waals surface area contributed by atoms with E-state index < -0.39 is 4.92 Å². The van der Waals surface area contributed by atoms with Crippen molar-refractivity contribution in [2.24, 2.45) is 11.0 Å². The zero-order chi connectivity index (χ0) is 21.5. The van der Waals surface area contributed by atoms with Crippen LogP contribution in [0, 0.1) is 16.0 Å². The predicted octanol–water partition coefficient (Wildman–Crippen LogP) is 2.61. The Morgan fingerprint density at radius 2 is 1.90 bits per heavy atom. The fraction of sp³-hybridized carbons (Fsp3) is 0.286. The molecule has 1 saturated heterocycles. The molecule has 0 radical (unpaired) electrons. The maximum absolute atomic E-state index is 12.6. The Balaban J connectivity index is 1.49. The third-order valence-corrected chi connectivity index (χ3v) is 4.96. The molecule has 0 unspecified atom stereocenters. The summed E-state index contributed by atoms with van der Waals surface area (Å²) in [6, 6.07) is 12.9. The molecule has 1 N–H and O–H groups in total. The standard InChI is InChI=1S/C21H22N4O5/c1-30-19-7-5-17(6-8-19)21(27)24-11-9-16(10-12-24)20(26)23-22-14-15-3-2-4-18(13-15)25(28)29/h2-8,13-14,16H,9-12H2,1H3,(H,23,26)/b22-14-. The lowest BCUT2D eigenvalue weighted by Crippen LogP contribution is -2.42. The number of carbonyl (C=O) groups excluding carboxylic acids is 2. The monoisotopic (exact) mass is 410 g/mol. The molecule has 0 aromatic heterocycles. The average Bonchev–Trinajstić information content (AvgIpc) is 2.79. The highest BCUT2D eigenvalue weighted by Gasteiger charge is 2.27. The largest absolute Gasteiger partial charge is 0.497 e. The summed E-state index contributed by atoms with van der Waals surface area (Å²) in [6.45, 7) is 0.967. The minimum Gasteiger partial charge on any atom is -0.497 e. The van der Waals surface area contributed by atoms with Crippen LogP contribution in [-0.4, -0.2) is 48.1 Å². The number of nitrogens with one attached hydrogen (secondary N) is 1. The van der Waals surface area contributed by atoms with Crippen LogP contribution in [0.3, 0.4) is 0 Å². The Morgan fingerprint density at radius 3 is 2.53 bits per heavy atom. The van der Waals surface area contributed by atoms with Gasteiger partial charge in [0, 0.05) is 42.3 Å². The van der Waals surface area contributed by atoms with Crippen LogP contribution in [0.25, 0.3) is 0 Å². The zero-order valence-electron chi connectivity index (χ0n) is 16.5. The molecule has 2 amide bonds. The smallest absolute Gasteiger partial charge is 0.270 e. The van der Waals surface area contributed by atoms with Gasteiger partial charge >= 0.3 is 0 Å². The van der Waals surface area contributed by atoms with Crippen molar-refractivity contribution in [2.75, 3.05) is 20.2 Å². The van der Waals surface area contributed by atoms with E-state index in [9.17, 15) is 19.7 Å². The Labute approximate surface area is 173 Å². The van der Waals surface area contributed by atoms with Crippen molar-refractivity contribution in [1.82, 2.24) is 10.3 Å². The third-order valence-electron chi connectivity index (χ3n) is 4.96. The van der Waals surface area contributed by atoms with Crippen molar-refractivity contribution in [1.29, 1.82) is 0 Å². The molecule has 1 aliphatic heterocycles. The lowest BCUT2D eigenvalue weighted by atomic mass is 9.95. The van der Waals surface area contributed by atoms with Crippen molar-refractivity contribution in [3.8, 4) is 5.75 Å². The Bertz CT molecular complexity index is 950. The van der Waals surface area contributed by atoms with Gasteiger partial charge in [0.2, 0.25) is 5.91 Å². The van der Waals surface area contributed by atoms with Crippen LogP contribution in [0.2, 0.25) is 0 Å². The number of hydrazone groups is 1. The summed E-state index contributed by atoms with van der Waals surface area (Å²) < 4.78 is 5.10. The van der Waals surface area contributed by atoms with Gasteiger partial charge in [-0.15, -0.1) is 0 Å². The summed E-state index contributed by atoms with van der Waals surface area (Å²) >= 11 is 0. The van der Waals surface area contributed by atoms with Gasteiger partial charge in [0.15, 0.2) is 0 Å². The lowest BCUT2D eigenvalue weighted by Gasteiger charge is -2.31. The van der Waals surface area contributed by atoms with Crippen molar-refractivity contribution in [2.45, 2.75) is 12.8 Å². The second-order valence-electron chi connectivity index (χ2n) is 6.88. The molecule has 0 aliphatic carbocycles. The molecule has 9 nitrogen and oxygen atoms in total. The van der Waals surface area contributed by atoms with E-state index in [0.29, 0.717) is 42.8 Å². The number of nitro benzene ring substituents is 1. The molecule has 0 saturated carbocycles. The van der Waals surface area contributed by atoms with Crippen molar-refractivity contribution >= 4 is 23.7 Å². The molecule has 1 aliphatic rings. The first-order valence-corrected chi connectivity index (χ1v) is 9.48. The molecule has 1 fully saturated rings. The summed E-state index contributed by atoms with van der Waals surface area (Å²) in [4.78, 5) is 37.0. The fourth-order valence-electron chi connectivity index (χ4n) is 3.24. The number of amides is 2. The molecule has 2 aromatic carbocycles. The molecule has 0 spiro atoms. The predicted molar refractivity (Wildman–Crippen MR) is 110 cm³/mol. The normalized spacial score (nSPS) is 14.5. The molecule has 0 bridgehead atoms. The second-order valence-corrected chi connectivity index (χ2v) is 6.88. The number of methoxy groups -OCH3 is 1. The topological polar surface area (TPSA) is 114 Å². The van der Waals surface area contributed by atoms with Gasteiger partial charge in [-0.25, -0.2) is 5.43 Å². The highest BCUT2D eigenvalue weighted by Crippen LogP contribution is 2.20. The minimum atomic E-state index is -0.489. The Hall–Kier alpha value is -3.75. The number of ether oxygens (including phenoxy) is 1. The fourth-order valence-corrected chi connectivity index (χ4v) is 3.24. The second kappa shape index (κ2) is 9.64. The van der Waals surface area contributed by atoms with Crippen molar-refractivity contribution in [3.63, 3.8) is 0 Å². The molecule has 9 heteroatoms. The summed E-state index contributed by atoms with van der Waals surface area (Å²) in [5.41, 5.74) is 3.54.